The lowest BCUT2D eigenvalue weighted by Gasteiger charge is -2.29. The van der Waals surface area contributed by atoms with Gasteiger partial charge < -0.3 is 15.4 Å². The molecule has 1 fully saturated rings. The van der Waals surface area contributed by atoms with Crippen molar-refractivity contribution in [3.63, 3.8) is 0 Å². The van der Waals surface area contributed by atoms with E-state index in [1.54, 1.807) is 12.1 Å². The lowest BCUT2D eigenvalue weighted by Crippen LogP contribution is -2.55. The van der Waals surface area contributed by atoms with E-state index in [-0.39, 0.29) is 23.9 Å². The summed E-state index contributed by atoms with van der Waals surface area (Å²) in [6.45, 7) is 3.55. The third-order valence-corrected chi connectivity index (χ3v) is 3.79. The van der Waals surface area contributed by atoms with Gasteiger partial charge in [0.2, 0.25) is 5.91 Å². The van der Waals surface area contributed by atoms with Gasteiger partial charge >= 0.3 is 0 Å². The first kappa shape index (κ1) is 15.4. The van der Waals surface area contributed by atoms with Gasteiger partial charge in [0.05, 0.1) is 12.7 Å². The summed E-state index contributed by atoms with van der Waals surface area (Å²) < 4.78 is 19.8. The summed E-state index contributed by atoms with van der Waals surface area (Å²) in [5.74, 6) is -0.359. The number of ether oxygens (including phenoxy) is 1. The third kappa shape index (κ3) is 4.01. The molecule has 1 amide bonds. The predicted octanol–water partition coefficient (Wildman–Crippen LogP) is 1.62. The molecule has 2 atom stereocenters. The van der Waals surface area contributed by atoms with E-state index in [1.165, 1.54) is 6.07 Å². The van der Waals surface area contributed by atoms with Crippen LogP contribution in [0, 0.1) is 5.82 Å². The molecule has 1 heterocycles. The van der Waals surface area contributed by atoms with Crippen molar-refractivity contribution in [1.82, 2.24) is 10.6 Å². The summed E-state index contributed by atoms with van der Waals surface area (Å²) in [7, 11) is 0. The van der Waals surface area contributed by atoms with Crippen LogP contribution in [0.25, 0.3) is 0 Å². The summed E-state index contributed by atoms with van der Waals surface area (Å²) in [4.78, 5) is 12.0. The molecule has 6 heteroatoms. The highest BCUT2D eigenvalue weighted by atomic mass is 79.9. The van der Waals surface area contributed by atoms with Gasteiger partial charge in [-0.05, 0) is 37.1 Å². The van der Waals surface area contributed by atoms with Crippen molar-refractivity contribution >= 4 is 21.8 Å². The highest BCUT2D eigenvalue weighted by Gasteiger charge is 2.27. The van der Waals surface area contributed by atoms with Crippen molar-refractivity contribution in [2.75, 3.05) is 19.7 Å². The summed E-state index contributed by atoms with van der Waals surface area (Å²) in [5.41, 5.74) is 0.584. The van der Waals surface area contributed by atoms with Crippen LogP contribution >= 0.6 is 15.9 Å². The Kier molecular flexibility index (Phi) is 5.51. The standard InChI is InChI=1S/C14H18BrFN2O2/c1-9-13(17-6-7-20-9)14(19)18-5-4-10-8-11(15)2-3-12(10)16/h2-3,8-9,13,17H,4-7H2,1H3,(H,18,19)/t9-,13+/m1/s1. The second kappa shape index (κ2) is 7.15. The van der Waals surface area contributed by atoms with Gasteiger partial charge in [-0.15, -0.1) is 0 Å². The summed E-state index contributed by atoms with van der Waals surface area (Å²) in [6.07, 6.45) is 0.310. The fraction of sp³-hybridized carbons (Fsp3) is 0.500. The SMILES string of the molecule is C[C@H]1OCCN[C@@H]1C(=O)NCCc1cc(Br)ccc1F. The molecule has 1 aliphatic heterocycles. The molecule has 0 saturated carbocycles. The van der Waals surface area contributed by atoms with E-state index in [0.717, 1.165) is 4.47 Å². The maximum atomic E-state index is 13.5. The van der Waals surface area contributed by atoms with E-state index in [4.69, 9.17) is 4.74 Å². The fourth-order valence-corrected chi connectivity index (χ4v) is 2.60. The Hall–Kier alpha value is -0.980. The molecule has 2 rings (SSSR count). The molecular formula is C14H18BrFN2O2. The average Bonchev–Trinajstić information content (AvgIpc) is 2.43. The number of hydrogen-bond donors (Lipinski definition) is 2. The minimum Gasteiger partial charge on any atom is -0.375 e. The summed E-state index contributed by atoms with van der Waals surface area (Å²) in [6, 6.07) is 4.46. The van der Waals surface area contributed by atoms with Crippen molar-refractivity contribution in [2.24, 2.45) is 0 Å². The number of nitrogens with one attached hydrogen (secondary N) is 2. The molecular weight excluding hydrogens is 327 g/mol. The lowest BCUT2D eigenvalue weighted by atomic mass is 10.1. The van der Waals surface area contributed by atoms with Crippen molar-refractivity contribution in [2.45, 2.75) is 25.5 Å². The van der Waals surface area contributed by atoms with Crippen molar-refractivity contribution in [1.29, 1.82) is 0 Å². The lowest BCUT2D eigenvalue weighted by molar-refractivity contribution is -0.128. The smallest absolute Gasteiger partial charge is 0.239 e. The van der Waals surface area contributed by atoms with Gasteiger partial charge in [-0.3, -0.25) is 4.79 Å². The van der Waals surface area contributed by atoms with E-state index in [1.807, 2.05) is 6.92 Å². The topological polar surface area (TPSA) is 50.4 Å². The van der Waals surface area contributed by atoms with Crippen LogP contribution in [0.4, 0.5) is 4.39 Å². The molecule has 110 valence electrons. The zero-order chi connectivity index (χ0) is 14.5. The van der Waals surface area contributed by atoms with Gasteiger partial charge in [-0.25, -0.2) is 4.39 Å². The van der Waals surface area contributed by atoms with E-state index in [0.29, 0.717) is 31.7 Å². The molecule has 0 aromatic heterocycles. The number of carbonyl (C=O) groups is 1. The molecule has 1 aliphatic rings. The van der Waals surface area contributed by atoms with E-state index < -0.39 is 0 Å². The first-order valence-electron chi connectivity index (χ1n) is 6.64. The summed E-state index contributed by atoms with van der Waals surface area (Å²) in [5, 5.41) is 5.93. The molecule has 0 radical (unpaired) electrons. The Morgan fingerprint density at radius 1 is 1.60 bits per heavy atom. The van der Waals surface area contributed by atoms with Gasteiger partial charge in [0, 0.05) is 17.6 Å². The normalized spacial score (nSPS) is 22.6. The maximum Gasteiger partial charge on any atom is 0.239 e. The van der Waals surface area contributed by atoms with Gasteiger partial charge in [0.1, 0.15) is 11.9 Å². The first-order valence-corrected chi connectivity index (χ1v) is 7.44. The van der Waals surface area contributed by atoms with Crippen molar-refractivity contribution in [3.05, 3.63) is 34.1 Å². The second-order valence-corrected chi connectivity index (χ2v) is 5.70. The van der Waals surface area contributed by atoms with E-state index in [9.17, 15) is 9.18 Å². The molecule has 1 aromatic rings. The number of rotatable bonds is 4. The fourth-order valence-electron chi connectivity index (χ4n) is 2.19. The quantitative estimate of drug-likeness (QED) is 0.872. The van der Waals surface area contributed by atoms with Gasteiger partial charge in [0.15, 0.2) is 0 Å². The number of halogens is 2. The van der Waals surface area contributed by atoms with Crippen LogP contribution in [-0.4, -0.2) is 37.7 Å². The Morgan fingerprint density at radius 2 is 2.40 bits per heavy atom. The number of hydrogen-bond acceptors (Lipinski definition) is 3. The molecule has 20 heavy (non-hydrogen) atoms. The Balaban J connectivity index is 1.83. The van der Waals surface area contributed by atoms with E-state index >= 15 is 0 Å². The minimum atomic E-state index is -0.337. The Labute approximate surface area is 126 Å². The van der Waals surface area contributed by atoms with Gasteiger partial charge in [-0.2, -0.15) is 0 Å². The van der Waals surface area contributed by atoms with Crippen molar-refractivity contribution < 1.29 is 13.9 Å². The molecule has 0 bridgehead atoms. The molecule has 1 aromatic carbocycles. The van der Waals surface area contributed by atoms with Gasteiger partial charge in [0.25, 0.3) is 0 Å². The first-order chi connectivity index (χ1) is 9.58. The van der Waals surface area contributed by atoms with Crippen LogP contribution in [0.3, 0.4) is 0 Å². The minimum absolute atomic E-state index is 0.104. The van der Waals surface area contributed by atoms with Crippen LogP contribution in [0.5, 0.6) is 0 Å². The molecule has 2 N–H and O–H groups in total. The highest BCUT2D eigenvalue weighted by molar-refractivity contribution is 9.10. The number of amides is 1. The molecule has 0 unspecified atom stereocenters. The molecule has 0 spiro atoms. The van der Waals surface area contributed by atoms with Crippen LogP contribution < -0.4 is 10.6 Å². The molecule has 0 aliphatic carbocycles. The van der Waals surface area contributed by atoms with Crippen LogP contribution in [-0.2, 0) is 16.0 Å². The zero-order valence-electron chi connectivity index (χ0n) is 11.3. The Morgan fingerprint density at radius 3 is 3.15 bits per heavy atom. The highest BCUT2D eigenvalue weighted by Crippen LogP contribution is 2.15. The van der Waals surface area contributed by atoms with Crippen LogP contribution in [0.1, 0.15) is 12.5 Å². The number of carbonyl (C=O) groups excluding carboxylic acids is 1. The second-order valence-electron chi connectivity index (χ2n) is 4.78. The number of morpholine rings is 1. The monoisotopic (exact) mass is 344 g/mol. The van der Waals surface area contributed by atoms with Crippen LogP contribution in [0.2, 0.25) is 0 Å². The Bertz CT molecular complexity index is 484. The largest absolute Gasteiger partial charge is 0.375 e. The average molecular weight is 345 g/mol. The third-order valence-electron chi connectivity index (χ3n) is 3.30. The van der Waals surface area contributed by atoms with Gasteiger partial charge in [-0.1, -0.05) is 15.9 Å². The summed E-state index contributed by atoms with van der Waals surface area (Å²) >= 11 is 3.31. The molecule has 1 saturated heterocycles. The molecule has 4 nitrogen and oxygen atoms in total. The van der Waals surface area contributed by atoms with Crippen LogP contribution in [0.15, 0.2) is 22.7 Å². The predicted molar refractivity (Wildman–Crippen MR) is 78.0 cm³/mol. The van der Waals surface area contributed by atoms with Crippen molar-refractivity contribution in [3.8, 4) is 0 Å². The zero-order valence-corrected chi connectivity index (χ0v) is 12.9. The maximum absolute atomic E-state index is 13.5. The van der Waals surface area contributed by atoms with E-state index in [2.05, 4.69) is 26.6 Å². The number of benzene rings is 1.